The summed E-state index contributed by atoms with van der Waals surface area (Å²) in [5.41, 5.74) is 0.827. The number of hydrogen-bond acceptors (Lipinski definition) is 3. The molecule has 0 bridgehead atoms. The van der Waals surface area contributed by atoms with Gasteiger partial charge in [0.15, 0.2) is 0 Å². The first-order chi connectivity index (χ1) is 6.22. The van der Waals surface area contributed by atoms with E-state index in [2.05, 4.69) is 10.0 Å². The summed E-state index contributed by atoms with van der Waals surface area (Å²) in [6, 6.07) is 7.67. The van der Waals surface area contributed by atoms with Gasteiger partial charge in [-0.1, -0.05) is 6.07 Å². The number of anilines is 1. The molecule has 1 amide bonds. The lowest BCUT2D eigenvalue weighted by Gasteiger charge is -2.03. The second kappa shape index (κ2) is 4.89. The van der Waals surface area contributed by atoms with Crippen molar-refractivity contribution in [2.24, 2.45) is 0 Å². The lowest BCUT2D eigenvalue weighted by molar-refractivity contribution is -0.114. The van der Waals surface area contributed by atoms with Gasteiger partial charge < -0.3 is 5.32 Å². The quantitative estimate of drug-likeness (QED) is 0.725. The second-order valence-corrected chi connectivity index (χ2v) is 3.60. The van der Waals surface area contributed by atoms with Gasteiger partial charge in [0.05, 0.1) is 0 Å². The normalized spacial score (nSPS) is 9.69. The van der Waals surface area contributed by atoms with Gasteiger partial charge in [0.1, 0.15) is 0 Å². The highest BCUT2D eigenvalue weighted by Crippen LogP contribution is 2.18. The molecule has 0 aliphatic heterocycles. The molecule has 0 saturated heterocycles. The van der Waals surface area contributed by atoms with Gasteiger partial charge in [0.2, 0.25) is 5.91 Å². The predicted molar refractivity (Wildman–Crippen MR) is 55.7 cm³/mol. The lowest BCUT2D eigenvalue weighted by Crippen LogP contribution is -2.05. The molecule has 0 heterocycles. The third-order valence-corrected chi connectivity index (χ3v) is 2.07. The number of carbonyl (C=O) groups is 1. The number of hydrogen-bond donors (Lipinski definition) is 2. The Bertz CT molecular complexity index is 301. The number of nitrogens with one attached hydrogen (secondary N) is 2. The minimum absolute atomic E-state index is 0.0494. The molecule has 1 rings (SSSR count). The molecule has 0 saturated carbocycles. The summed E-state index contributed by atoms with van der Waals surface area (Å²) in [5, 5.41) is 2.72. The average Bonchev–Trinajstić information content (AvgIpc) is 2.04. The van der Waals surface area contributed by atoms with Gasteiger partial charge in [-0.05, 0) is 37.2 Å². The summed E-state index contributed by atoms with van der Waals surface area (Å²) in [5.74, 6) is -0.0494. The van der Waals surface area contributed by atoms with Gasteiger partial charge in [-0.2, -0.15) is 0 Å². The minimum Gasteiger partial charge on any atom is -0.326 e. The largest absolute Gasteiger partial charge is 0.326 e. The van der Waals surface area contributed by atoms with Crippen molar-refractivity contribution in [3.63, 3.8) is 0 Å². The number of rotatable bonds is 3. The molecule has 4 heteroatoms. The molecule has 13 heavy (non-hydrogen) atoms. The molecule has 0 spiro atoms. The summed E-state index contributed by atoms with van der Waals surface area (Å²) in [4.78, 5) is 11.8. The van der Waals surface area contributed by atoms with E-state index in [-0.39, 0.29) is 5.91 Å². The molecule has 1 aromatic rings. The Labute approximate surface area is 82.0 Å². The Balaban J connectivity index is 2.73. The molecule has 0 aliphatic rings. The van der Waals surface area contributed by atoms with Gasteiger partial charge in [0.25, 0.3) is 0 Å². The van der Waals surface area contributed by atoms with Crippen LogP contribution in [0.15, 0.2) is 29.2 Å². The van der Waals surface area contributed by atoms with Crippen molar-refractivity contribution in [3.8, 4) is 0 Å². The molecule has 0 radical (unpaired) electrons. The van der Waals surface area contributed by atoms with Crippen molar-refractivity contribution in [3.05, 3.63) is 24.3 Å². The molecule has 0 aliphatic carbocycles. The molecule has 0 aromatic heterocycles. The van der Waals surface area contributed by atoms with Crippen LogP contribution >= 0.6 is 11.9 Å². The molecular formula is C9H12N2OS. The van der Waals surface area contributed by atoms with Crippen LogP contribution in [-0.4, -0.2) is 13.0 Å². The van der Waals surface area contributed by atoms with E-state index in [1.165, 1.54) is 18.9 Å². The zero-order chi connectivity index (χ0) is 9.68. The van der Waals surface area contributed by atoms with E-state index in [1.807, 2.05) is 31.3 Å². The Morgan fingerprint density at radius 2 is 2.23 bits per heavy atom. The van der Waals surface area contributed by atoms with E-state index in [1.54, 1.807) is 0 Å². The van der Waals surface area contributed by atoms with Crippen LogP contribution < -0.4 is 10.0 Å². The summed E-state index contributed by atoms with van der Waals surface area (Å²) in [6.07, 6.45) is 0. The minimum atomic E-state index is -0.0494. The van der Waals surface area contributed by atoms with Crippen molar-refractivity contribution in [2.75, 3.05) is 12.4 Å². The average molecular weight is 196 g/mol. The van der Waals surface area contributed by atoms with Gasteiger partial charge in [0, 0.05) is 17.5 Å². The highest BCUT2D eigenvalue weighted by atomic mass is 32.2. The summed E-state index contributed by atoms with van der Waals surface area (Å²) in [6.45, 7) is 1.50. The zero-order valence-corrected chi connectivity index (χ0v) is 8.44. The highest BCUT2D eigenvalue weighted by Gasteiger charge is 1.96. The maximum absolute atomic E-state index is 10.7. The van der Waals surface area contributed by atoms with Crippen molar-refractivity contribution in [1.29, 1.82) is 0 Å². The van der Waals surface area contributed by atoms with Crippen LogP contribution in [0.5, 0.6) is 0 Å². The first kappa shape index (κ1) is 10.1. The van der Waals surface area contributed by atoms with E-state index in [0.717, 1.165) is 10.6 Å². The highest BCUT2D eigenvalue weighted by molar-refractivity contribution is 7.97. The van der Waals surface area contributed by atoms with Gasteiger partial charge in [-0.25, -0.2) is 0 Å². The maximum atomic E-state index is 10.7. The number of carbonyl (C=O) groups excluding carboxylic acids is 1. The fourth-order valence-electron chi connectivity index (χ4n) is 0.958. The number of amides is 1. The summed E-state index contributed by atoms with van der Waals surface area (Å²) >= 11 is 1.52. The van der Waals surface area contributed by atoms with E-state index in [9.17, 15) is 4.79 Å². The van der Waals surface area contributed by atoms with Crippen LogP contribution in [0.2, 0.25) is 0 Å². The fourth-order valence-corrected chi connectivity index (χ4v) is 1.53. The third-order valence-electron chi connectivity index (χ3n) is 1.37. The molecule has 3 nitrogen and oxygen atoms in total. The molecule has 1 aromatic carbocycles. The van der Waals surface area contributed by atoms with Crippen LogP contribution in [0.25, 0.3) is 0 Å². The lowest BCUT2D eigenvalue weighted by atomic mass is 10.3. The third kappa shape index (κ3) is 3.48. The van der Waals surface area contributed by atoms with Crippen LogP contribution in [0.3, 0.4) is 0 Å². The number of benzene rings is 1. The van der Waals surface area contributed by atoms with Crippen LogP contribution in [0.1, 0.15) is 6.92 Å². The molecular weight excluding hydrogens is 184 g/mol. The van der Waals surface area contributed by atoms with E-state index < -0.39 is 0 Å². The SMILES string of the molecule is CNSc1cccc(NC(C)=O)c1. The monoisotopic (exact) mass is 196 g/mol. The zero-order valence-electron chi connectivity index (χ0n) is 7.63. The molecule has 2 N–H and O–H groups in total. The predicted octanol–water partition coefficient (Wildman–Crippen LogP) is 1.87. The van der Waals surface area contributed by atoms with Gasteiger partial charge >= 0.3 is 0 Å². The smallest absolute Gasteiger partial charge is 0.221 e. The van der Waals surface area contributed by atoms with Crippen LogP contribution in [-0.2, 0) is 4.79 Å². The van der Waals surface area contributed by atoms with Crippen molar-refractivity contribution in [1.82, 2.24) is 4.72 Å². The van der Waals surface area contributed by atoms with Crippen molar-refractivity contribution < 1.29 is 4.79 Å². The summed E-state index contributed by atoms with van der Waals surface area (Å²) in [7, 11) is 1.86. The summed E-state index contributed by atoms with van der Waals surface area (Å²) < 4.78 is 2.97. The fraction of sp³-hybridized carbons (Fsp3) is 0.222. The Hall–Kier alpha value is -1.00. The van der Waals surface area contributed by atoms with Crippen LogP contribution in [0.4, 0.5) is 5.69 Å². The Morgan fingerprint density at radius 3 is 2.85 bits per heavy atom. The van der Waals surface area contributed by atoms with E-state index in [0.29, 0.717) is 0 Å². The van der Waals surface area contributed by atoms with Gasteiger partial charge in [-0.3, -0.25) is 9.52 Å². The van der Waals surface area contributed by atoms with Crippen molar-refractivity contribution in [2.45, 2.75) is 11.8 Å². The molecule has 0 fully saturated rings. The first-order valence-corrected chi connectivity index (χ1v) is 4.75. The Kier molecular flexibility index (Phi) is 3.79. The maximum Gasteiger partial charge on any atom is 0.221 e. The van der Waals surface area contributed by atoms with Crippen molar-refractivity contribution >= 4 is 23.5 Å². The first-order valence-electron chi connectivity index (χ1n) is 3.93. The van der Waals surface area contributed by atoms with Crippen LogP contribution in [0, 0.1) is 0 Å². The molecule has 0 atom stereocenters. The topological polar surface area (TPSA) is 41.1 Å². The molecule has 0 unspecified atom stereocenters. The van der Waals surface area contributed by atoms with Gasteiger partial charge in [-0.15, -0.1) is 0 Å². The Morgan fingerprint density at radius 1 is 1.46 bits per heavy atom. The standard InChI is InChI=1S/C9H12N2OS/c1-7(12)11-8-4-3-5-9(6-8)13-10-2/h3-6,10H,1-2H3,(H,11,12). The van der Waals surface area contributed by atoms with E-state index >= 15 is 0 Å². The van der Waals surface area contributed by atoms with E-state index in [4.69, 9.17) is 0 Å². The second-order valence-electron chi connectivity index (χ2n) is 2.52. The molecule has 70 valence electrons.